The Morgan fingerprint density at radius 3 is 1.83 bits per heavy atom. The smallest absolute Gasteiger partial charge is 0.321 e. The molecule has 1 aliphatic rings. The summed E-state index contributed by atoms with van der Waals surface area (Å²) in [5, 5.41) is 5.48. The molecule has 0 unspecified atom stereocenters. The molecule has 9 heteroatoms. The van der Waals surface area contributed by atoms with E-state index in [4.69, 9.17) is 25.8 Å². The van der Waals surface area contributed by atoms with Gasteiger partial charge in [0, 0.05) is 13.1 Å². The molecule has 0 saturated carbocycles. The van der Waals surface area contributed by atoms with Crippen LogP contribution in [0.2, 0.25) is 0 Å². The predicted molar refractivity (Wildman–Crippen MR) is 109 cm³/mol. The Morgan fingerprint density at radius 2 is 1.37 bits per heavy atom. The Morgan fingerprint density at radius 1 is 0.900 bits per heavy atom. The number of carbonyl (C=O) groups excluding carboxylic acids is 3. The number of benzene rings is 2. The van der Waals surface area contributed by atoms with Crippen LogP contribution in [0.4, 0.5) is 0 Å². The van der Waals surface area contributed by atoms with Gasteiger partial charge in [0.2, 0.25) is 0 Å². The molecule has 8 nitrogen and oxygen atoms in total. The van der Waals surface area contributed by atoms with E-state index in [2.05, 4.69) is 10.6 Å². The lowest BCUT2D eigenvalue weighted by Gasteiger charge is -2.20. The standard InChI is InChI=1S/C21H21ClN2O6/c22-11-19(25)30-14-12-28-17-7-3-1-5-15(17)20(26)23-9-10-24-21(27)16-6-2-4-8-18(16)29-13-14/h1-8,14H,9-13H2,(H,23,26)(H,24,27). The second-order valence-corrected chi connectivity index (χ2v) is 6.64. The topological polar surface area (TPSA) is 103 Å². The van der Waals surface area contributed by atoms with Gasteiger partial charge in [-0.1, -0.05) is 24.3 Å². The van der Waals surface area contributed by atoms with Gasteiger partial charge in [0.25, 0.3) is 11.8 Å². The average molecular weight is 433 g/mol. The maximum Gasteiger partial charge on any atom is 0.321 e. The number of fused-ring (bicyclic) bond motifs is 2. The van der Waals surface area contributed by atoms with Gasteiger partial charge < -0.3 is 24.8 Å². The van der Waals surface area contributed by atoms with E-state index in [9.17, 15) is 14.4 Å². The van der Waals surface area contributed by atoms with Gasteiger partial charge in [0.1, 0.15) is 30.6 Å². The van der Waals surface area contributed by atoms with Gasteiger partial charge in [-0.15, -0.1) is 11.6 Å². The van der Waals surface area contributed by atoms with Crippen LogP contribution in [0.5, 0.6) is 11.5 Å². The van der Waals surface area contributed by atoms with Crippen LogP contribution >= 0.6 is 11.6 Å². The molecule has 0 aromatic heterocycles. The molecule has 2 aromatic rings. The Balaban J connectivity index is 1.87. The summed E-state index contributed by atoms with van der Waals surface area (Å²) in [7, 11) is 0. The number of hydrogen-bond donors (Lipinski definition) is 2. The summed E-state index contributed by atoms with van der Waals surface area (Å²) in [5.74, 6) is -0.985. The number of carbonyl (C=O) groups is 3. The molecule has 0 spiro atoms. The van der Waals surface area contributed by atoms with Crippen molar-refractivity contribution < 1.29 is 28.6 Å². The fraction of sp³-hybridized carbons (Fsp3) is 0.286. The normalized spacial score (nSPS) is 15.6. The van der Waals surface area contributed by atoms with Crippen molar-refractivity contribution in [2.45, 2.75) is 6.10 Å². The second-order valence-electron chi connectivity index (χ2n) is 6.37. The second kappa shape index (κ2) is 10.5. The lowest BCUT2D eigenvalue weighted by atomic mass is 10.2. The van der Waals surface area contributed by atoms with Gasteiger partial charge in [-0.2, -0.15) is 0 Å². The number of nitrogens with one attached hydrogen (secondary N) is 2. The minimum atomic E-state index is -0.811. The third-order valence-electron chi connectivity index (χ3n) is 4.22. The highest BCUT2D eigenvalue weighted by molar-refractivity contribution is 6.26. The molecule has 2 amide bonds. The highest BCUT2D eigenvalue weighted by atomic mass is 35.5. The summed E-state index contributed by atoms with van der Waals surface area (Å²) in [6.07, 6.45) is -0.811. The zero-order chi connectivity index (χ0) is 21.3. The molecular weight excluding hydrogens is 412 g/mol. The minimum Gasteiger partial charge on any atom is -0.489 e. The van der Waals surface area contributed by atoms with Crippen LogP contribution in [0.3, 0.4) is 0 Å². The molecule has 2 aromatic carbocycles. The van der Waals surface area contributed by atoms with Crippen LogP contribution in [-0.2, 0) is 9.53 Å². The fourth-order valence-corrected chi connectivity index (χ4v) is 2.86. The molecule has 158 valence electrons. The molecule has 0 fully saturated rings. The molecule has 0 saturated heterocycles. The van der Waals surface area contributed by atoms with Crippen molar-refractivity contribution in [1.29, 1.82) is 0 Å². The van der Waals surface area contributed by atoms with E-state index < -0.39 is 12.1 Å². The Bertz CT molecular complexity index is 854. The van der Waals surface area contributed by atoms with Crippen LogP contribution in [0, 0.1) is 0 Å². The lowest BCUT2D eigenvalue weighted by Crippen LogP contribution is -2.34. The van der Waals surface area contributed by atoms with Crippen molar-refractivity contribution in [2.24, 2.45) is 0 Å². The van der Waals surface area contributed by atoms with Crippen molar-refractivity contribution in [3.05, 3.63) is 59.7 Å². The number of esters is 1. The number of amides is 2. The summed E-state index contributed by atoms with van der Waals surface area (Å²) >= 11 is 5.55. The molecule has 0 radical (unpaired) electrons. The Kier molecular flexibility index (Phi) is 7.51. The first-order valence-corrected chi connectivity index (χ1v) is 9.87. The molecule has 1 aliphatic heterocycles. The summed E-state index contributed by atoms with van der Waals surface area (Å²) in [6.45, 7) is 0.332. The first kappa shape index (κ1) is 21.4. The third kappa shape index (κ3) is 5.64. The van der Waals surface area contributed by atoms with Gasteiger partial charge in [-0.25, -0.2) is 0 Å². The number of rotatable bonds is 2. The van der Waals surface area contributed by atoms with E-state index in [1.165, 1.54) is 0 Å². The summed E-state index contributed by atoms with van der Waals surface area (Å²) in [5.41, 5.74) is 0.649. The fourth-order valence-electron chi connectivity index (χ4n) is 2.80. The quantitative estimate of drug-likeness (QED) is 0.553. The van der Waals surface area contributed by atoms with E-state index in [-0.39, 0.29) is 44.0 Å². The maximum atomic E-state index is 12.5. The van der Waals surface area contributed by atoms with Crippen LogP contribution < -0.4 is 20.1 Å². The maximum absolute atomic E-state index is 12.5. The van der Waals surface area contributed by atoms with Gasteiger partial charge in [-0.05, 0) is 24.3 Å². The van der Waals surface area contributed by atoms with Gasteiger partial charge in [-0.3, -0.25) is 14.4 Å². The number of para-hydroxylation sites is 2. The molecule has 0 bridgehead atoms. The monoisotopic (exact) mass is 432 g/mol. The van der Waals surface area contributed by atoms with E-state index in [0.29, 0.717) is 22.6 Å². The van der Waals surface area contributed by atoms with Crippen LogP contribution in [0.1, 0.15) is 20.7 Å². The van der Waals surface area contributed by atoms with Crippen LogP contribution in [0.15, 0.2) is 48.5 Å². The molecule has 0 atom stereocenters. The lowest BCUT2D eigenvalue weighted by molar-refractivity contribution is -0.149. The summed E-state index contributed by atoms with van der Waals surface area (Å²) in [4.78, 5) is 36.7. The highest BCUT2D eigenvalue weighted by Gasteiger charge is 2.21. The molecule has 30 heavy (non-hydrogen) atoms. The zero-order valence-electron chi connectivity index (χ0n) is 16.1. The first-order chi connectivity index (χ1) is 14.6. The molecule has 3 rings (SSSR count). The van der Waals surface area contributed by atoms with Crippen molar-refractivity contribution in [1.82, 2.24) is 10.6 Å². The molecule has 1 heterocycles. The van der Waals surface area contributed by atoms with E-state index in [0.717, 1.165) is 0 Å². The first-order valence-electron chi connectivity index (χ1n) is 9.34. The molecule has 0 aliphatic carbocycles. The van der Waals surface area contributed by atoms with Crippen molar-refractivity contribution in [3.8, 4) is 11.5 Å². The number of alkyl halides is 1. The summed E-state index contributed by atoms with van der Waals surface area (Å²) < 4.78 is 16.8. The summed E-state index contributed by atoms with van der Waals surface area (Å²) in [6, 6.07) is 13.4. The van der Waals surface area contributed by atoms with Gasteiger partial charge in [0.15, 0.2) is 6.10 Å². The van der Waals surface area contributed by atoms with Crippen molar-refractivity contribution in [2.75, 3.05) is 32.2 Å². The average Bonchev–Trinajstić information content (AvgIpc) is 2.78. The highest BCUT2D eigenvalue weighted by Crippen LogP contribution is 2.21. The minimum absolute atomic E-state index is 0.0682. The van der Waals surface area contributed by atoms with Crippen molar-refractivity contribution >= 4 is 29.4 Å². The third-order valence-corrected chi connectivity index (χ3v) is 4.43. The van der Waals surface area contributed by atoms with Crippen molar-refractivity contribution in [3.63, 3.8) is 0 Å². The largest absolute Gasteiger partial charge is 0.489 e. The van der Waals surface area contributed by atoms with Gasteiger partial charge in [0.05, 0.1) is 11.1 Å². The SMILES string of the molecule is O=C(CCl)OC1COc2ccccc2C(=O)NCCNC(=O)c2ccccc2OC1. The Hall–Kier alpha value is -3.26. The Labute approximate surface area is 178 Å². The molecule has 2 N–H and O–H groups in total. The van der Waals surface area contributed by atoms with E-state index >= 15 is 0 Å². The van der Waals surface area contributed by atoms with E-state index in [1.807, 2.05) is 0 Å². The van der Waals surface area contributed by atoms with Gasteiger partial charge >= 0.3 is 5.97 Å². The number of halogens is 1. The van der Waals surface area contributed by atoms with E-state index in [1.54, 1.807) is 48.5 Å². The van der Waals surface area contributed by atoms with Crippen LogP contribution in [-0.4, -0.2) is 56.1 Å². The predicted octanol–water partition coefficient (Wildman–Crippen LogP) is 1.77. The number of ether oxygens (including phenoxy) is 3. The zero-order valence-corrected chi connectivity index (χ0v) is 16.8. The van der Waals surface area contributed by atoms with Crippen LogP contribution in [0.25, 0.3) is 0 Å². The number of hydrogen-bond acceptors (Lipinski definition) is 6. The molecular formula is C21H21ClN2O6.